The third-order valence-corrected chi connectivity index (χ3v) is 2.79. The van der Waals surface area contributed by atoms with Crippen molar-refractivity contribution in [1.29, 1.82) is 0 Å². The van der Waals surface area contributed by atoms with E-state index in [2.05, 4.69) is 4.74 Å². The first-order valence-electron chi connectivity index (χ1n) is 6.50. The van der Waals surface area contributed by atoms with Gasteiger partial charge in [0.1, 0.15) is 0 Å². The molecule has 0 saturated heterocycles. The van der Waals surface area contributed by atoms with Gasteiger partial charge in [-0.1, -0.05) is 0 Å². The lowest BCUT2D eigenvalue weighted by molar-refractivity contribution is -0.385. The van der Waals surface area contributed by atoms with Gasteiger partial charge in [-0.15, -0.1) is 0 Å². The molecule has 0 N–H and O–H groups in total. The van der Waals surface area contributed by atoms with E-state index in [0.29, 0.717) is 13.0 Å². The minimum atomic E-state index is -0.587. The molecule has 0 fully saturated rings. The molecule has 114 valence electrons. The SMILES string of the molecule is CCOc1ccc(C(=O)CCCC(=O)OC)cc1[N+](=O)[O-]. The van der Waals surface area contributed by atoms with E-state index >= 15 is 0 Å². The topological polar surface area (TPSA) is 95.7 Å². The van der Waals surface area contributed by atoms with Gasteiger partial charge in [-0.05, 0) is 25.5 Å². The summed E-state index contributed by atoms with van der Waals surface area (Å²) in [4.78, 5) is 33.3. The van der Waals surface area contributed by atoms with Crippen LogP contribution < -0.4 is 4.74 Å². The van der Waals surface area contributed by atoms with Gasteiger partial charge in [-0.2, -0.15) is 0 Å². The van der Waals surface area contributed by atoms with Crippen molar-refractivity contribution in [2.75, 3.05) is 13.7 Å². The Morgan fingerprint density at radius 3 is 2.57 bits per heavy atom. The van der Waals surface area contributed by atoms with E-state index in [-0.39, 0.29) is 41.6 Å². The summed E-state index contributed by atoms with van der Waals surface area (Å²) in [6.07, 6.45) is 0.605. The van der Waals surface area contributed by atoms with Gasteiger partial charge in [-0.3, -0.25) is 19.7 Å². The third kappa shape index (κ3) is 4.87. The molecular weight excluding hydrogens is 278 g/mol. The second kappa shape index (κ2) is 7.98. The first-order chi connectivity index (χ1) is 9.99. The summed E-state index contributed by atoms with van der Waals surface area (Å²) in [5.74, 6) is -0.515. The highest BCUT2D eigenvalue weighted by atomic mass is 16.6. The highest BCUT2D eigenvalue weighted by Crippen LogP contribution is 2.28. The number of nitro benzene ring substituents is 1. The Morgan fingerprint density at radius 2 is 2.00 bits per heavy atom. The number of rotatable bonds is 8. The maximum Gasteiger partial charge on any atom is 0.311 e. The van der Waals surface area contributed by atoms with Crippen LogP contribution in [0.4, 0.5) is 5.69 Å². The number of esters is 1. The van der Waals surface area contributed by atoms with Crippen LogP contribution in [0.15, 0.2) is 18.2 Å². The predicted molar refractivity (Wildman–Crippen MR) is 74.5 cm³/mol. The molecule has 7 nitrogen and oxygen atoms in total. The van der Waals surface area contributed by atoms with Crippen molar-refractivity contribution in [3.8, 4) is 5.75 Å². The van der Waals surface area contributed by atoms with Crippen LogP contribution in [0.3, 0.4) is 0 Å². The smallest absolute Gasteiger partial charge is 0.311 e. The highest BCUT2D eigenvalue weighted by Gasteiger charge is 2.18. The van der Waals surface area contributed by atoms with Gasteiger partial charge < -0.3 is 9.47 Å². The molecule has 1 aromatic rings. The number of hydrogen-bond donors (Lipinski definition) is 0. The Bertz CT molecular complexity index is 540. The number of carbonyl (C=O) groups excluding carboxylic acids is 2. The molecule has 1 rings (SSSR count). The minimum absolute atomic E-state index is 0.125. The summed E-state index contributed by atoms with van der Waals surface area (Å²) < 4.78 is 9.62. The second-order valence-corrected chi connectivity index (χ2v) is 4.23. The lowest BCUT2D eigenvalue weighted by Gasteiger charge is -2.06. The van der Waals surface area contributed by atoms with E-state index in [1.54, 1.807) is 6.92 Å². The van der Waals surface area contributed by atoms with Crippen molar-refractivity contribution in [2.45, 2.75) is 26.2 Å². The molecule has 0 aliphatic carbocycles. The highest BCUT2D eigenvalue weighted by molar-refractivity contribution is 5.97. The zero-order chi connectivity index (χ0) is 15.8. The molecule has 0 radical (unpaired) electrons. The van der Waals surface area contributed by atoms with Gasteiger partial charge in [0.05, 0.1) is 18.6 Å². The van der Waals surface area contributed by atoms with Crippen LogP contribution in [-0.2, 0) is 9.53 Å². The van der Waals surface area contributed by atoms with Crippen LogP contribution in [-0.4, -0.2) is 30.4 Å². The van der Waals surface area contributed by atoms with Crippen LogP contribution in [0.5, 0.6) is 5.75 Å². The number of methoxy groups -OCH3 is 1. The lowest BCUT2D eigenvalue weighted by atomic mass is 10.0. The van der Waals surface area contributed by atoms with Crippen molar-refractivity contribution in [1.82, 2.24) is 0 Å². The third-order valence-electron chi connectivity index (χ3n) is 2.79. The van der Waals surface area contributed by atoms with E-state index in [0.717, 1.165) is 0 Å². The molecule has 7 heteroatoms. The average molecular weight is 295 g/mol. The maximum absolute atomic E-state index is 11.9. The summed E-state index contributed by atoms with van der Waals surface area (Å²) in [6.45, 7) is 2.02. The molecule has 0 atom stereocenters. The summed E-state index contributed by atoms with van der Waals surface area (Å²) in [5.41, 5.74) is -0.00862. The van der Waals surface area contributed by atoms with Crippen LogP contribution in [0, 0.1) is 10.1 Å². The van der Waals surface area contributed by atoms with Crippen LogP contribution >= 0.6 is 0 Å². The number of ketones is 1. The van der Waals surface area contributed by atoms with Gasteiger partial charge in [-0.25, -0.2) is 0 Å². The van der Waals surface area contributed by atoms with Crippen LogP contribution in [0.25, 0.3) is 0 Å². The van der Waals surface area contributed by atoms with E-state index in [9.17, 15) is 19.7 Å². The van der Waals surface area contributed by atoms with E-state index < -0.39 is 4.92 Å². The van der Waals surface area contributed by atoms with Crippen LogP contribution in [0.2, 0.25) is 0 Å². The fourth-order valence-electron chi connectivity index (χ4n) is 1.75. The van der Waals surface area contributed by atoms with E-state index in [1.165, 1.54) is 25.3 Å². The van der Waals surface area contributed by atoms with E-state index in [4.69, 9.17) is 4.74 Å². The number of nitrogens with zero attached hydrogens (tertiary/aromatic N) is 1. The quantitative estimate of drug-likeness (QED) is 0.316. The monoisotopic (exact) mass is 295 g/mol. The molecule has 0 aliphatic rings. The Balaban J connectivity index is 2.78. The van der Waals surface area contributed by atoms with Gasteiger partial charge in [0, 0.05) is 24.5 Å². The normalized spacial score (nSPS) is 10.0. The van der Waals surface area contributed by atoms with Crippen molar-refractivity contribution >= 4 is 17.4 Å². The molecule has 1 aromatic carbocycles. The van der Waals surface area contributed by atoms with Crippen molar-refractivity contribution in [3.05, 3.63) is 33.9 Å². The number of benzene rings is 1. The van der Waals surface area contributed by atoms with Crippen molar-refractivity contribution in [2.24, 2.45) is 0 Å². The fraction of sp³-hybridized carbons (Fsp3) is 0.429. The Hall–Kier alpha value is -2.44. The number of nitro groups is 1. The van der Waals surface area contributed by atoms with Gasteiger partial charge in [0.15, 0.2) is 11.5 Å². The first kappa shape index (κ1) is 16.6. The number of carbonyl (C=O) groups is 2. The largest absolute Gasteiger partial charge is 0.487 e. The fourth-order valence-corrected chi connectivity index (χ4v) is 1.75. The second-order valence-electron chi connectivity index (χ2n) is 4.23. The zero-order valence-corrected chi connectivity index (χ0v) is 12.0. The van der Waals surface area contributed by atoms with Crippen molar-refractivity contribution < 1.29 is 24.0 Å². The number of hydrogen-bond acceptors (Lipinski definition) is 6. The first-order valence-corrected chi connectivity index (χ1v) is 6.50. The Morgan fingerprint density at radius 1 is 1.29 bits per heavy atom. The molecule has 0 saturated carbocycles. The summed E-state index contributed by atoms with van der Waals surface area (Å²) in [7, 11) is 1.28. The molecule has 0 bridgehead atoms. The van der Waals surface area contributed by atoms with Gasteiger partial charge in [0.25, 0.3) is 0 Å². The number of ether oxygens (including phenoxy) is 2. The van der Waals surface area contributed by atoms with Crippen molar-refractivity contribution in [3.63, 3.8) is 0 Å². The molecule has 21 heavy (non-hydrogen) atoms. The average Bonchev–Trinajstić information content (AvgIpc) is 2.47. The van der Waals surface area contributed by atoms with Gasteiger partial charge >= 0.3 is 11.7 Å². The standard InChI is InChI=1S/C14H17NO6/c1-3-21-13-8-7-10(9-11(13)15(18)19)12(16)5-4-6-14(17)20-2/h7-9H,3-6H2,1-2H3. The lowest BCUT2D eigenvalue weighted by Crippen LogP contribution is -2.05. The minimum Gasteiger partial charge on any atom is -0.487 e. The van der Waals surface area contributed by atoms with Crippen LogP contribution in [0.1, 0.15) is 36.5 Å². The summed E-state index contributed by atoms with van der Waals surface area (Å²) in [5, 5.41) is 11.0. The summed E-state index contributed by atoms with van der Waals surface area (Å²) in [6, 6.07) is 4.10. The molecule has 0 aliphatic heterocycles. The molecule has 0 spiro atoms. The Labute approximate surface area is 122 Å². The zero-order valence-electron chi connectivity index (χ0n) is 12.0. The number of Topliss-reactive ketones (excluding diaryl/α,β-unsaturated/α-hetero) is 1. The predicted octanol–water partition coefficient (Wildman–Crippen LogP) is 2.52. The molecule has 0 unspecified atom stereocenters. The molecular formula is C14H17NO6. The molecule has 0 aromatic heterocycles. The maximum atomic E-state index is 11.9. The molecule has 0 amide bonds. The van der Waals surface area contributed by atoms with Gasteiger partial charge in [0.2, 0.25) is 0 Å². The van der Waals surface area contributed by atoms with E-state index in [1.807, 2.05) is 0 Å². The Kier molecular flexibility index (Phi) is 6.32. The molecule has 0 heterocycles. The summed E-state index contributed by atoms with van der Waals surface area (Å²) >= 11 is 0.